The molecule has 2 aromatic rings. The van der Waals surface area contributed by atoms with Crippen molar-refractivity contribution in [3.63, 3.8) is 0 Å². The lowest BCUT2D eigenvalue weighted by molar-refractivity contribution is 0.0589. The third kappa shape index (κ3) is 5.10. The van der Waals surface area contributed by atoms with Crippen LogP contribution in [-0.2, 0) is 4.74 Å². The van der Waals surface area contributed by atoms with Gasteiger partial charge in [-0.1, -0.05) is 42.0 Å². The first-order chi connectivity index (χ1) is 11.3. The molecule has 126 valence electrons. The molecule has 1 aromatic heterocycles. The number of carbonyl (C=O) groups excluding carboxylic acids is 1. The zero-order valence-corrected chi connectivity index (χ0v) is 15.0. The number of halogens is 1. The van der Waals surface area contributed by atoms with Gasteiger partial charge in [0, 0.05) is 24.5 Å². The van der Waals surface area contributed by atoms with E-state index in [9.17, 15) is 4.79 Å². The summed E-state index contributed by atoms with van der Waals surface area (Å²) in [4.78, 5) is 17.6. The number of ether oxygens (including phenoxy) is 1. The second-order valence-electron chi connectivity index (χ2n) is 6.35. The number of carbonyl (C=O) groups is 1. The van der Waals surface area contributed by atoms with Crippen molar-refractivity contribution in [2.24, 2.45) is 0 Å². The summed E-state index contributed by atoms with van der Waals surface area (Å²) < 4.78 is 5.35. The highest BCUT2D eigenvalue weighted by Gasteiger charge is 2.20. The van der Waals surface area contributed by atoms with Crippen LogP contribution >= 0.6 is 11.6 Å². The van der Waals surface area contributed by atoms with Crippen LogP contribution in [0.1, 0.15) is 31.9 Å². The van der Waals surface area contributed by atoms with Crippen molar-refractivity contribution < 1.29 is 9.53 Å². The third-order valence-corrected chi connectivity index (χ3v) is 3.51. The summed E-state index contributed by atoms with van der Waals surface area (Å²) in [6.07, 6.45) is 5.12. The average Bonchev–Trinajstić information content (AvgIpc) is 2.52. The van der Waals surface area contributed by atoms with Gasteiger partial charge in [-0.3, -0.25) is 4.90 Å². The van der Waals surface area contributed by atoms with Gasteiger partial charge in [0.15, 0.2) is 0 Å². The number of benzene rings is 1. The molecule has 0 aliphatic heterocycles. The maximum Gasteiger partial charge on any atom is 0.414 e. The molecule has 2 rings (SSSR count). The molecule has 0 N–H and O–H groups in total. The predicted octanol–water partition coefficient (Wildman–Crippen LogP) is 5.28. The van der Waals surface area contributed by atoms with Crippen LogP contribution in [0.2, 0.25) is 5.15 Å². The van der Waals surface area contributed by atoms with Crippen molar-refractivity contribution in [2.75, 3.05) is 11.9 Å². The Morgan fingerprint density at radius 3 is 2.42 bits per heavy atom. The molecule has 0 saturated heterocycles. The quantitative estimate of drug-likeness (QED) is 0.712. The van der Waals surface area contributed by atoms with E-state index in [2.05, 4.69) is 4.98 Å². The van der Waals surface area contributed by atoms with Crippen LogP contribution in [0.4, 0.5) is 10.5 Å². The van der Waals surface area contributed by atoms with Crippen LogP contribution in [0.15, 0.2) is 42.6 Å². The van der Waals surface area contributed by atoms with Gasteiger partial charge in [-0.25, -0.2) is 9.78 Å². The minimum Gasteiger partial charge on any atom is -0.443 e. The van der Waals surface area contributed by atoms with Crippen LogP contribution in [-0.4, -0.2) is 23.7 Å². The number of amides is 1. The number of aromatic nitrogens is 1. The molecule has 0 aliphatic carbocycles. The number of hydrogen-bond donors (Lipinski definition) is 0. The summed E-state index contributed by atoms with van der Waals surface area (Å²) in [6, 6.07) is 11.3. The van der Waals surface area contributed by atoms with Gasteiger partial charge in [0.05, 0.1) is 0 Å². The normalized spacial score (nSPS) is 11.5. The molecule has 5 heteroatoms. The highest BCUT2D eigenvalue weighted by atomic mass is 35.5. The topological polar surface area (TPSA) is 42.4 Å². The number of hydrogen-bond acceptors (Lipinski definition) is 3. The molecular weight excluding hydrogens is 324 g/mol. The van der Waals surface area contributed by atoms with Crippen molar-refractivity contribution in [1.82, 2.24) is 4.98 Å². The van der Waals surface area contributed by atoms with E-state index in [0.717, 1.165) is 16.8 Å². The van der Waals surface area contributed by atoms with Gasteiger partial charge in [-0.15, -0.1) is 0 Å². The largest absolute Gasteiger partial charge is 0.443 e. The Morgan fingerprint density at radius 2 is 1.83 bits per heavy atom. The first-order valence-electron chi connectivity index (χ1n) is 7.61. The molecule has 0 saturated carbocycles. The molecule has 0 spiro atoms. The van der Waals surface area contributed by atoms with Crippen molar-refractivity contribution >= 4 is 35.5 Å². The number of anilines is 1. The molecule has 1 aromatic carbocycles. The highest BCUT2D eigenvalue weighted by molar-refractivity contribution is 6.30. The van der Waals surface area contributed by atoms with E-state index in [1.54, 1.807) is 13.2 Å². The summed E-state index contributed by atoms with van der Waals surface area (Å²) in [5.74, 6) is 0. The minimum absolute atomic E-state index is 0.382. The second kappa shape index (κ2) is 7.49. The van der Waals surface area contributed by atoms with Crippen molar-refractivity contribution in [3.05, 3.63) is 58.9 Å². The fraction of sp³-hybridized carbons (Fsp3) is 0.263. The standard InChI is InChI=1S/C19H21ClN2O2/c1-19(2,3)24-18(23)22(4)16-11-8-14(9-12-16)7-10-15-6-5-13-21-17(15)20/h5-13H,1-4H3. The first kappa shape index (κ1) is 18.0. The van der Waals surface area contributed by atoms with Gasteiger partial charge in [0.25, 0.3) is 0 Å². The van der Waals surface area contributed by atoms with Gasteiger partial charge < -0.3 is 4.74 Å². The Labute approximate surface area is 147 Å². The summed E-state index contributed by atoms with van der Waals surface area (Å²) in [5.41, 5.74) is 2.10. The van der Waals surface area contributed by atoms with Gasteiger partial charge in [0.1, 0.15) is 10.8 Å². The maximum atomic E-state index is 12.1. The van der Waals surface area contributed by atoms with Gasteiger partial charge in [0.2, 0.25) is 0 Å². The fourth-order valence-corrected chi connectivity index (χ4v) is 2.14. The van der Waals surface area contributed by atoms with E-state index in [0.29, 0.717) is 5.15 Å². The van der Waals surface area contributed by atoms with Gasteiger partial charge >= 0.3 is 6.09 Å². The predicted molar refractivity (Wildman–Crippen MR) is 99.3 cm³/mol. The lowest BCUT2D eigenvalue weighted by Crippen LogP contribution is -2.34. The smallest absolute Gasteiger partial charge is 0.414 e. The molecule has 1 amide bonds. The summed E-state index contributed by atoms with van der Waals surface area (Å²) in [6.45, 7) is 5.53. The van der Waals surface area contributed by atoms with Crippen LogP contribution in [0.25, 0.3) is 12.2 Å². The van der Waals surface area contributed by atoms with E-state index in [1.165, 1.54) is 4.90 Å². The van der Waals surface area contributed by atoms with Crippen molar-refractivity contribution in [1.29, 1.82) is 0 Å². The SMILES string of the molecule is CN(C(=O)OC(C)(C)C)c1ccc(C=Cc2cccnc2Cl)cc1. The van der Waals surface area contributed by atoms with Crippen LogP contribution in [0, 0.1) is 0 Å². The monoisotopic (exact) mass is 344 g/mol. The van der Waals surface area contributed by atoms with E-state index >= 15 is 0 Å². The first-order valence-corrected chi connectivity index (χ1v) is 7.99. The molecule has 0 atom stereocenters. The van der Waals surface area contributed by atoms with E-state index in [1.807, 2.05) is 69.3 Å². The average molecular weight is 345 g/mol. The van der Waals surface area contributed by atoms with Crippen LogP contribution < -0.4 is 4.90 Å². The van der Waals surface area contributed by atoms with Gasteiger partial charge in [-0.2, -0.15) is 0 Å². The Bertz CT molecular complexity index is 734. The fourth-order valence-electron chi connectivity index (χ4n) is 1.95. The summed E-state index contributed by atoms with van der Waals surface area (Å²) >= 11 is 6.02. The van der Waals surface area contributed by atoms with Crippen LogP contribution in [0.3, 0.4) is 0 Å². The highest BCUT2D eigenvalue weighted by Crippen LogP contribution is 2.19. The third-order valence-electron chi connectivity index (χ3n) is 3.19. The lowest BCUT2D eigenvalue weighted by Gasteiger charge is -2.24. The zero-order chi connectivity index (χ0) is 17.7. The van der Waals surface area contributed by atoms with E-state index in [4.69, 9.17) is 16.3 Å². The van der Waals surface area contributed by atoms with E-state index in [-0.39, 0.29) is 6.09 Å². The molecule has 0 bridgehead atoms. The van der Waals surface area contributed by atoms with Crippen molar-refractivity contribution in [2.45, 2.75) is 26.4 Å². The molecule has 0 radical (unpaired) electrons. The van der Waals surface area contributed by atoms with Crippen LogP contribution in [0.5, 0.6) is 0 Å². The minimum atomic E-state index is -0.517. The zero-order valence-electron chi connectivity index (χ0n) is 14.3. The Balaban J connectivity index is 2.08. The van der Waals surface area contributed by atoms with Gasteiger partial charge in [-0.05, 0) is 44.5 Å². The van der Waals surface area contributed by atoms with E-state index < -0.39 is 5.60 Å². The summed E-state index contributed by atoms with van der Waals surface area (Å²) in [5, 5.41) is 0.468. The Hall–Kier alpha value is -2.33. The lowest BCUT2D eigenvalue weighted by atomic mass is 10.1. The molecule has 4 nitrogen and oxygen atoms in total. The Morgan fingerprint density at radius 1 is 1.17 bits per heavy atom. The number of pyridine rings is 1. The molecule has 0 aliphatic rings. The molecule has 0 unspecified atom stereocenters. The summed E-state index contributed by atoms with van der Waals surface area (Å²) in [7, 11) is 1.69. The Kier molecular flexibility index (Phi) is 5.62. The second-order valence-corrected chi connectivity index (χ2v) is 6.71. The van der Waals surface area contributed by atoms with Crippen molar-refractivity contribution in [3.8, 4) is 0 Å². The molecule has 0 fully saturated rings. The number of nitrogens with zero attached hydrogens (tertiary/aromatic N) is 2. The molecular formula is C19H21ClN2O2. The molecule has 1 heterocycles. The number of rotatable bonds is 3. The maximum absolute atomic E-state index is 12.1. The molecule has 24 heavy (non-hydrogen) atoms.